The van der Waals surface area contributed by atoms with E-state index in [9.17, 15) is 0 Å². The molecule has 1 fully saturated rings. The van der Waals surface area contributed by atoms with Crippen LogP contribution in [0.25, 0.3) is 0 Å². The molecule has 1 unspecified atom stereocenters. The molecule has 1 aliphatic heterocycles. The Labute approximate surface area is 117 Å². The van der Waals surface area contributed by atoms with Crippen molar-refractivity contribution < 1.29 is 0 Å². The van der Waals surface area contributed by atoms with Crippen molar-refractivity contribution in [3.63, 3.8) is 0 Å². The summed E-state index contributed by atoms with van der Waals surface area (Å²) in [6.07, 6.45) is 6.54. The minimum atomic E-state index is 0.588. The predicted molar refractivity (Wildman–Crippen MR) is 82.0 cm³/mol. The molecular weight excluding hydrogens is 232 g/mol. The Morgan fingerprint density at radius 2 is 2.00 bits per heavy atom. The second kappa shape index (κ2) is 5.54. The smallest absolute Gasteiger partial charge is 0.0369 e. The molecule has 19 heavy (non-hydrogen) atoms. The van der Waals surface area contributed by atoms with Crippen molar-refractivity contribution in [2.24, 2.45) is 0 Å². The van der Waals surface area contributed by atoms with E-state index in [1.54, 1.807) is 11.1 Å². The van der Waals surface area contributed by atoms with Crippen LogP contribution in [0.2, 0.25) is 0 Å². The summed E-state index contributed by atoms with van der Waals surface area (Å²) in [4.78, 5) is 2.57. The monoisotopic (exact) mass is 258 g/mol. The molecule has 2 aliphatic rings. The third kappa shape index (κ3) is 2.94. The van der Waals surface area contributed by atoms with E-state index in [1.165, 1.54) is 44.3 Å². The maximum absolute atomic E-state index is 3.69. The molecule has 0 saturated carbocycles. The molecule has 0 spiro atoms. The van der Waals surface area contributed by atoms with Crippen LogP contribution >= 0.6 is 0 Å². The number of nitrogens with zero attached hydrogens (tertiary/aromatic N) is 1. The van der Waals surface area contributed by atoms with E-state index in [0.29, 0.717) is 12.1 Å². The zero-order valence-corrected chi connectivity index (χ0v) is 12.3. The first-order valence-corrected chi connectivity index (χ1v) is 7.85. The Morgan fingerprint density at radius 3 is 2.84 bits per heavy atom. The summed E-state index contributed by atoms with van der Waals surface area (Å²) in [7, 11) is 0. The largest absolute Gasteiger partial charge is 0.370 e. The molecule has 0 aromatic heterocycles. The lowest BCUT2D eigenvalue weighted by Gasteiger charge is -2.36. The van der Waals surface area contributed by atoms with Crippen molar-refractivity contribution in [3.05, 3.63) is 29.3 Å². The van der Waals surface area contributed by atoms with Crippen LogP contribution in [0, 0.1) is 0 Å². The average molecular weight is 258 g/mol. The van der Waals surface area contributed by atoms with Crippen LogP contribution in [-0.4, -0.2) is 25.2 Å². The number of piperidine rings is 1. The zero-order valence-electron chi connectivity index (χ0n) is 12.3. The molecule has 1 aromatic rings. The Bertz CT molecular complexity index is 439. The molecule has 1 aromatic carbocycles. The summed E-state index contributed by atoms with van der Waals surface area (Å²) < 4.78 is 0. The fraction of sp³-hybridized carbons (Fsp3) is 0.647. The molecule has 0 amide bonds. The van der Waals surface area contributed by atoms with Crippen LogP contribution in [0.5, 0.6) is 0 Å². The van der Waals surface area contributed by atoms with Crippen LogP contribution in [0.1, 0.15) is 44.2 Å². The normalized spacial score (nSPS) is 22.9. The molecule has 1 atom stereocenters. The Kier molecular flexibility index (Phi) is 3.79. The van der Waals surface area contributed by atoms with E-state index in [-0.39, 0.29) is 0 Å². The maximum Gasteiger partial charge on any atom is 0.0369 e. The summed E-state index contributed by atoms with van der Waals surface area (Å²) in [5.41, 5.74) is 4.62. The average Bonchev–Trinajstić information content (AvgIpc) is 2.85. The van der Waals surface area contributed by atoms with Crippen molar-refractivity contribution in [1.29, 1.82) is 0 Å². The van der Waals surface area contributed by atoms with E-state index in [4.69, 9.17) is 0 Å². The third-order valence-corrected chi connectivity index (χ3v) is 4.44. The highest BCUT2D eigenvalue weighted by molar-refractivity contribution is 5.52. The topological polar surface area (TPSA) is 15.3 Å². The molecule has 2 nitrogen and oxygen atoms in total. The van der Waals surface area contributed by atoms with E-state index in [0.717, 1.165) is 6.54 Å². The van der Waals surface area contributed by atoms with Crippen molar-refractivity contribution in [1.82, 2.24) is 5.32 Å². The second-order valence-corrected chi connectivity index (χ2v) is 6.41. The van der Waals surface area contributed by atoms with E-state index in [2.05, 4.69) is 42.3 Å². The second-order valence-electron chi connectivity index (χ2n) is 6.41. The molecule has 104 valence electrons. The van der Waals surface area contributed by atoms with Crippen LogP contribution < -0.4 is 10.2 Å². The van der Waals surface area contributed by atoms with Gasteiger partial charge in [0.15, 0.2) is 0 Å². The molecular formula is C17H26N2. The van der Waals surface area contributed by atoms with Gasteiger partial charge in [-0.15, -0.1) is 0 Å². The molecule has 1 aliphatic carbocycles. The van der Waals surface area contributed by atoms with Crippen LogP contribution in [0.3, 0.4) is 0 Å². The van der Waals surface area contributed by atoms with Crippen molar-refractivity contribution in [2.75, 3.05) is 18.0 Å². The number of aryl methyl sites for hydroxylation is 2. The number of anilines is 1. The summed E-state index contributed by atoms with van der Waals surface area (Å²) in [6, 6.07) is 8.38. The van der Waals surface area contributed by atoms with Gasteiger partial charge < -0.3 is 10.2 Å². The highest BCUT2D eigenvalue weighted by atomic mass is 15.2. The predicted octanol–water partition coefficient (Wildman–Crippen LogP) is 3.14. The van der Waals surface area contributed by atoms with E-state index >= 15 is 0 Å². The molecule has 1 N–H and O–H groups in total. The summed E-state index contributed by atoms with van der Waals surface area (Å²) in [5, 5.41) is 3.69. The molecule has 3 rings (SSSR count). The van der Waals surface area contributed by atoms with Gasteiger partial charge in [-0.25, -0.2) is 0 Å². The van der Waals surface area contributed by atoms with Crippen molar-refractivity contribution in [2.45, 2.75) is 58.0 Å². The number of hydrogen-bond acceptors (Lipinski definition) is 2. The van der Waals surface area contributed by atoms with Crippen LogP contribution in [0.15, 0.2) is 18.2 Å². The van der Waals surface area contributed by atoms with Gasteiger partial charge in [0.1, 0.15) is 0 Å². The SMILES string of the molecule is CC(C)NC1CCCN(c2ccc3c(c2)CCC3)C1. The van der Waals surface area contributed by atoms with Gasteiger partial charge >= 0.3 is 0 Å². The number of benzene rings is 1. The minimum Gasteiger partial charge on any atom is -0.370 e. The quantitative estimate of drug-likeness (QED) is 0.896. The zero-order chi connectivity index (χ0) is 13.2. The van der Waals surface area contributed by atoms with E-state index < -0.39 is 0 Å². The highest BCUT2D eigenvalue weighted by Gasteiger charge is 2.21. The van der Waals surface area contributed by atoms with Gasteiger partial charge in [-0.3, -0.25) is 0 Å². The van der Waals surface area contributed by atoms with E-state index in [1.807, 2.05) is 0 Å². The van der Waals surface area contributed by atoms with Crippen LogP contribution in [0.4, 0.5) is 5.69 Å². The van der Waals surface area contributed by atoms with Gasteiger partial charge in [0, 0.05) is 30.9 Å². The van der Waals surface area contributed by atoms with Gasteiger partial charge in [0.25, 0.3) is 0 Å². The first-order chi connectivity index (χ1) is 9.22. The Morgan fingerprint density at radius 1 is 1.16 bits per heavy atom. The molecule has 1 saturated heterocycles. The lowest BCUT2D eigenvalue weighted by Crippen LogP contribution is -2.47. The van der Waals surface area contributed by atoms with Crippen molar-refractivity contribution >= 4 is 5.69 Å². The molecule has 1 heterocycles. The summed E-state index contributed by atoms with van der Waals surface area (Å²) >= 11 is 0. The minimum absolute atomic E-state index is 0.588. The number of hydrogen-bond donors (Lipinski definition) is 1. The van der Waals surface area contributed by atoms with Crippen LogP contribution in [-0.2, 0) is 12.8 Å². The molecule has 2 heteroatoms. The van der Waals surface area contributed by atoms with Gasteiger partial charge in [-0.1, -0.05) is 19.9 Å². The Balaban J connectivity index is 1.71. The fourth-order valence-electron chi connectivity index (χ4n) is 3.57. The first-order valence-electron chi connectivity index (χ1n) is 7.85. The fourth-order valence-corrected chi connectivity index (χ4v) is 3.57. The standard InChI is InChI=1S/C17H26N2/c1-13(2)18-16-7-4-10-19(12-16)17-9-8-14-5-3-6-15(14)11-17/h8-9,11,13,16,18H,3-7,10,12H2,1-2H3. The Hall–Kier alpha value is -1.02. The van der Waals surface area contributed by atoms with Gasteiger partial charge in [0.05, 0.1) is 0 Å². The number of fused-ring (bicyclic) bond motifs is 1. The lowest BCUT2D eigenvalue weighted by atomic mass is 10.0. The highest BCUT2D eigenvalue weighted by Crippen LogP contribution is 2.28. The number of rotatable bonds is 3. The van der Waals surface area contributed by atoms with Crippen molar-refractivity contribution in [3.8, 4) is 0 Å². The first kappa shape index (κ1) is 13.0. The van der Waals surface area contributed by atoms with Gasteiger partial charge in [0.2, 0.25) is 0 Å². The number of nitrogens with one attached hydrogen (secondary N) is 1. The van der Waals surface area contributed by atoms with Gasteiger partial charge in [-0.05, 0) is 55.4 Å². The molecule has 0 bridgehead atoms. The summed E-state index contributed by atoms with van der Waals surface area (Å²) in [6.45, 7) is 6.87. The third-order valence-electron chi connectivity index (χ3n) is 4.44. The lowest BCUT2D eigenvalue weighted by molar-refractivity contribution is 0.394. The molecule has 0 radical (unpaired) electrons. The summed E-state index contributed by atoms with van der Waals surface area (Å²) in [5.74, 6) is 0. The van der Waals surface area contributed by atoms with Gasteiger partial charge in [-0.2, -0.15) is 0 Å². The maximum atomic E-state index is 3.69.